The molecule has 0 rings (SSSR count). The lowest BCUT2D eigenvalue weighted by molar-refractivity contribution is -0.143. The van der Waals surface area contributed by atoms with Crippen LogP contribution in [0.4, 0.5) is 0 Å². The van der Waals surface area contributed by atoms with Crippen molar-refractivity contribution in [3.8, 4) is 0 Å². The van der Waals surface area contributed by atoms with Crippen molar-refractivity contribution in [2.45, 2.75) is 463 Å². The van der Waals surface area contributed by atoms with Gasteiger partial charge in [-0.3, -0.25) is 9.59 Å². The zero-order valence-corrected chi connectivity index (χ0v) is 59.7. The second-order valence-electron chi connectivity index (χ2n) is 27.8. The van der Waals surface area contributed by atoms with Crippen molar-refractivity contribution < 1.29 is 24.5 Å². The fourth-order valence-electron chi connectivity index (χ4n) is 12.8. The number of aliphatic hydroxyl groups excluding tert-OH is 2. The van der Waals surface area contributed by atoms with Crippen LogP contribution in [0.2, 0.25) is 0 Å². The minimum Gasteiger partial charge on any atom is -0.466 e. The van der Waals surface area contributed by atoms with E-state index in [-0.39, 0.29) is 18.5 Å². The van der Waals surface area contributed by atoms with E-state index in [0.29, 0.717) is 19.4 Å². The first-order valence-corrected chi connectivity index (χ1v) is 40.3. The Balaban J connectivity index is 3.37. The summed E-state index contributed by atoms with van der Waals surface area (Å²) in [4.78, 5) is 24.6. The zero-order chi connectivity index (χ0) is 63.5. The van der Waals surface area contributed by atoms with Gasteiger partial charge >= 0.3 is 5.97 Å². The maximum absolute atomic E-state index is 12.5. The Bertz CT molecular complexity index is 1430. The van der Waals surface area contributed by atoms with E-state index in [1.165, 1.54) is 379 Å². The van der Waals surface area contributed by atoms with Crippen molar-refractivity contribution in [2.24, 2.45) is 0 Å². The first kappa shape index (κ1) is 86.1. The third-order valence-electron chi connectivity index (χ3n) is 18.9. The monoisotopic (exact) mass is 1240 g/mol. The lowest BCUT2D eigenvalue weighted by Gasteiger charge is -2.20. The maximum atomic E-state index is 12.5. The number of unbranched alkanes of at least 4 members (excludes halogenated alkanes) is 61. The molecule has 88 heavy (non-hydrogen) atoms. The highest BCUT2D eigenvalue weighted by molar-refractivity contribution is 5.76. The van der Waals surface area contributed by atoms with Gasteiger partial charge in [0.2, 0.25) is 5.91 Å². The first-order valence-electron chi connectivity index (χ1n) is 40.3. The van der Waals surface area contributed by atoms with Crippen molar-refractivity contribution in [3.05, 3.63) is 36.5 Å². The number of esters is 1. The summed E-state index contributed by atoms with van der Waals surface area (Å²) in [7, 11) is 0. The zero-order valence-electron chi connectivity index (χ0n) is 59.7. The molecule has 0 bridgehead atoms. The number of amides is 1. The molecule has 0 heterocycles. The summed E-state index contributed by atoms with van der Waals surface area (Å²) < 4.78 is 5.52. The van der Waals surface area contributed by atoms with Gasteiger partial charge in [-0.25, -0.2) is 0 Å². The number of allylic oxidation sites excluding steroid dienone is 5. The third kappa shape index (κ3) is 73.1. The molecule has 0 spiro atoms. The summed E-state index contributed by atoms with van der Waals surface area (Å²) >= 11 is 0. The molecular weight excluding hydrogens is 1080 g/mol. The summed E-state index contributed by atoms with van der Waals surface area (Å²) in [6, 6.07) is -0.627. The molecule has 0 aromatic rings. The average molecular weight is 1240 g/mol. The van der Waals surface area contributed by atoms with Crippen LogP contribution in [-0.4, -0.2) is 47.4 Å². The number of ether oxygens (including phenoxy) is 1. The van der Waals surface area contributed by atoms with Gasteiger partial charge in [-0.05, 0) is 64.2 Å². The van der Waals surface area contributed by atoms with E-state index in [9.17, 15) is 19.8 Å². The molecule has 0 aliphatic carbocycles. The fourth-order valence-corrected chi connectivity index (χ4v) is 12.8. The molecule has 0 fully saturated rings. The molecule has 0 aliphatic rings. The number of rotatable bonds is 76. The Hall–Kier alpha value is -1.92. The highest BCUT2D eigenvalue weighted by Gasteiger charge is 2.18. The number of aliphatic hydroxyl groups is 2. The molecule has 0 aliphatic heterocycles. The highest BCUT2D eigenvalue weighted by Crippen LogP contribution is 2.20. The van der Waals surface area contributed by atoms with Gasteiger partial charge in [0.25, 0.3) is 0 Å². The summed E-state index contributed by atoms with van der Waals surface area (Å²) in [5.74, 6) is -0.0401. The number of carbonyl (C=O) groups excluding carboxylic acids is 2. The SMILES string of the molecule is CCCCCCCCCCCCCCCCCC/C=C/C(O)C(CO)NC(=O)CCCCCCCCCCCCCCCCCCC/C=C\C/C=C\CCCCCCCCCCCCCOC(=O)CCCCCCCCCCCCCCCCCCCC. The Morgan fingerprint density at radius 3 is 0.864 bits per heavy atom. The van der Waals surface area contributed by atoms with Crippen molar-refractivity contribution in [2.75, 3.05) is 13.2 Å². The first-order chi connectivity index (χ1) is 43.5. The minimum absolute atomic E-state index is 0.0218. The van der Waals surface area contributed by atoms with E-state index < -0.39 is 12.1 Å². The van der Waals surface area contributed by atoms with Crippen LogP contribution >= 0.6 is 0 Å². The van der Waals surface area contributed by atoms with E-state index >= 15 is 0 Å². The molecule has 0 radical (unpaired) electrons. The normalized spacial score (nSPS) is 12.6. The molecule has 0 aromatic carbocycles. The number of hydrogen-bond acceptors (Lipinski definition) is 5. The fraction of sp³-hybridized carbons (Fsp3) is 0.902. The van der Waals surface area contributed by atoms with Gasteiger partial charge < -0.3 is 20.3 Å². The minimum atomic E-state index is -0.844. The standard InChI is InChI=1S/C82H157NO5/c1-3-5-7-9-11-13-15-17-19-21-42-46-50-54-58-62-66-70-74-80(85)79(78-84)83-81(86)75-71-67-63-59-55-51-47-43-40-38-36-34-32-30-28-26-24-23-25-27-29-31-33-35-37-39-41-45-49-53-57-61-65-69-73-77-88-82(87)76-72-68-64-60-56-52-48-44-22-20-18-16-14-12-10-8-6-4-2/h25,27,31,33,70,74,79-80,84-85H,3-24,26,28-30,32,34-69,71-73,75-78H2,1-2H3,(H,83,86)/b27-25-,33-31-,74-70+. The van der Waals surface area contributed by atoms with Crippen LogP contribution < -0.4 is 5.32 Å². The summed E-state index contributed by atoms with van der Waals surface area (Å²) in [5, 5.41) is 23.2. The predicted molar refractivity (Wildman–Crippen MR) is 389 cm³/mol. The summed E-state index contributed by atoms with van der Waals surface area (Å²) in [6.07, 6.45) is 101. The molecule has 520 valence electrons. The van der Waals surface area contributed by atoms with Crippen LogP contribution in [0.5, 0.6) is 0 Å². The van der Waals surface area contributed by atoms with Gasteiger partial charge in [0, 0.05) is 12.8 Å². The van der Waals surface area contributed by atoms with Crippen LogP contribution in [0.15, 0.2) is 36.5 Å². The molecule has 6 heteroatoms. The van der Waals surface area contributed by atoms with Crippen LogP contribution in [0.3, 0.4) is 0 Å². The van der Waals surface area contributed by atoms with Crippen LogP contribution in [0.1, 0.15) is 450 Å². The molecule has 0 aromatic heterocycles. The van der Waals surface area contributed by atoms with E-state index in [0.717, 1.165) is 44.9 Å². The Kier molecular flexibility index (Phi) is 75.8. The molecule has 3 N–H and O–H groups in total. The molecule has 1 amide bonds. The van der Waals surface area contributed by atoms with E-state index in [4.69, 9.17) is 4.74 Å². The van der Waals surface area contributed by atoms with Crippen molar-refractivity contribution in [1.82, 2.24) is 5.32 Å². The van der Waals surface area contributed by atoms with Gasteiger partial charge in [-0.2, -0.15) is 0 Å². The summed E-state index contributed by atoms with van der Waals surface area (Å²) in [6.45, 7) is 4.96. The highest BCUT2D eigenvalue weighted by atomic mass is 16.5. The molecule has 6 nitrogen and oxygen atoms in total. The van der Waals surface area contributed by atoms with Crippen LogP contribution in [-0.2, 0) is 14.3 Å². The van der Waals surface area contributed by atoms with Gasteiger partial charge in [0.15, 0.2) is 0 Å². The van der Waals surface area contributed by atoms with Crippen LogP contribution in [0, 0.1) is 0 Å². The second-order valence-corrected chi connectivity index (χ2v) is 27.8. The molecule has 2 atom stereocenters. The largest absolute Gasteiger partial charge is 0.466 e. The molecular formula is C82H157NO5. The van der Waals surface area contributed by atoms with E-state index in [2.05, 4.69) is 43.5 Å². The van der Waals surface area contributed by atoms with Crippen molar-refractivity contribution >= 4 is 11.9 Å². The van der Waals surface area contributed by atoms with E-state index in [1.54, 1.807) is 6.08 Å². The van der Waals surface area contributed by atoms with Gasteiger partial charge in [-0.15, -0.1) is 0 Å². The third-order valence-corrected chi connectivity index (χ3v) is 18.9. The lowest BCUT2D eigenvalue weighted by atomic mass is 10.0. The quantitative estimate of drug-likeness (QED) is 0.0320. The van der Waals surface area contributed by atoms with Crippen molar-refractivity contribution in [1.29, 1.82) is 0 Å². The van der Waals surface area contributed by atoms with Gasteiger partial charge in [0.05, 0.1) is 25.4 Å². The second kappa shape index (κ2) is 77.5. The molecule has 0 saturated heterocycles. The maximum Gasteiger partial charge on any atom is 0.305 e. The number of nitrogens with one attached hydrogen (secondary N) is 1. The number of carbonyl (C=O) groups is 2. The van der Waals surface area contributed by atoms with Crippen molar-refractivity contribution in [3.63, 3.8) is 0 Å². The molecule has 0 saturated carbocycles. The predicted octanol–water partition coefficient (Wildman–Crippen LogP) is 26.6. The molecule has 2 unspecified atom stereocenters. The van der Waals surface area contributed by atoms with Gasteiger partial charge in [-0.1, -0.05) is 410 Å². The topological polar surface area (TPSA) is 95.9 Å². The average Bonchev–Trinajstić information content (AvgIpc) is 3.58. The Morgan fingerprint density at radius 2 is 0.568 bits per heavy atom. The lowest BCUT2D eigenvalue weighted by Crippen LogP contribution is -2.45. The van der Waals surface area contributed by atoms with Crippen LogP contribution in [0.25, 0.3) is 0 Å². The Morgan fingerprint density at radius 1 is 0.318 bits per heavy atom. The smallest absolute Gasteiger partial charge is 0.305 e. The van der Waals surface area contributed by atoms with E-state index in [1.807, 2.05) is 6.08 Å². The summed E-state index contributed by atoms with van der Waals surface area (Å²) in [5.41, 5.74) is 0. The van der Waals surface area contributed by atoms with Gasteiger partial charge in [0.1, 0.15) is 0 Å². The Labute approximate surface area is 551 Å². The number of hydrogen-bond donors (Lipinski definition) is 3.